The van der Waals surface area contributed by atoms with Crippen molar-refractivity contribution in [1.82, 2.24) is 15.1 Å². The number of carbonyl (C=O) groups is 1. The summed E-state index contributed by atoms with van der Waals surface area (Å²) in [7, 11) is 4.75. The molecule has 4 rings (SSSR count). The summed E-state index contributed by atoms with van der Waals surface area (Å²) in [5.41, 5.74) is 3.73. The molecule has 0 fully saturated rings. The number of rotatable bonds is 9. The zero-order valence-corrected chi connectivity index (χ0v) is 19.9. The highest BCUT2D eigenvalue weighted by Gasteiger charge is 2.21. The molecule has 1 amide bonds. The number of nitrogens with one attached hydrogen (secondary N) is 1. The van der Waals surface area contributed by atoms with Gasteiger partial charge in [-0.25, -0.2) is 0 Å². The van der Waals surface area contributed by atoms with Gasteiger partial charge >= 0.3 is 0 Å². The maximum atomic E-state index is 13.1. The topological polar surface area (TPSA) is 74.6 Å². The summed E-state index contributed by atoms with van der Waals surface area (Å²) in [5, 5.41) is 8.87. The van der Waals surface area contributed by atoms with Crippen LogP contribution in [0.4, 0.5) is 0 Å². The number of hydrogen-bond donors (Lipinski definition) is 1. The number of aromatic nitrogens is 2. The molecule has 7 heteroatoms. The fraction of sp³-hybridized carbons (Fsp3) is 0.259. The summed E-state index contributed by atoms with van der Waals surface area (Å²) in [4.78, 5) is 13.1. The normalized spacial score (nSPS) is 11.8. The minimum Gasteiger partial charge on any atom is -0.493 e. The molecule has 1 heterocycles. The molecule has 1 aromatic heterocycles. The van der Waals surface area contributed by atoms with E-state index in [1.165, 1.54) is 0 Å². The second-order valence-corrected chi connectivity index (χ2v) is 7.89. The van der Waals surface area contributed by atoms with Crippen LogP contribution < -0.4 is 19.5 Å². The lowest BCUT2D eigenvalue weighted by molar-refractivity contribution is -0.124. The van der Waals surface area contributed by atoms with Crippen molar-refractivity contribution in [3.05, 3.63) is 72.3 Å². The first-order chi connectivity index (χ1) is 16.6. The summed E-state index contributed by atoms with van der Waals surface area (Å²) in [6.07, 6.45) is 0.580. The molecule has 0 unspecified atom stereocenters. The number of fused-ring (bicyclic) bond motifs is 1. The molecule has 1 atom stereocenters. The second-order valence-electron chi connectivity index (χ2n) is 7.89. The number of nitrogens with zero attached hydrogens (tertiary/aromatic N) is 2. The summed E-state index contributed by atoms with van der Waals surface area (Å²) in [6, 6.07) is 21.3. The maximum Gasteiger partial charge on any atom is 0.244 e. The van der Waals surface area contributed by atoms with Crippen molar-refractivity contribution in [2.24, 2.45) is 0 Å². The van der Waals surface area contributed by atoms with Gasteiger partial charge in [-0.15, -0.1) is 0 Å². The lowest BCUT2D eigenvalue weighted by atomic mass is 10.1. The van der Waals surface area contributed by atoms with Gasteiger partial charge < -0.3 is 19.5 Å². The number of carbonyl (C=O) groups excluding carboxylic acids is 1. The molecule has 0 saturated carbocycles. The Labute approximate surface area is 199 Å². The predicted octanol–water partition coefficient (Wildman–Crippen LogP) is 4.65. The average Bonchev–Trinajstić information content (AvgIpc) is 3.27. The highest BCUT2D eigenvalue weighted by Crippen LogP contribution is 2.39. The van der Waals surface area contributed by atoms with E-state index in [4.69, 9.17) is 19.3 Å². The third kappa shape index (κ3) is 4.41. The van der Waals surface area contributed by atoms with Crippen LogP contribution in [0, 0.1) is 0 Å². The van der Waals surface area contributed by atoms with E-state index in [2.05, 4.69) is 5.32 Å². The van der Waals surface area contributed by atoms with Crippen molar-refractivity contribution >= 4 is 16.8 Å². The Morgan fingerprint density at radius 1 is 0.912 bits per heavy atom. The van der Waals surface area contributed by atoms with Crippen molar-refractivity contribution in [1.29, 1.82) is 0 Å². The molecule has 0 aliphatic rings. The molecule has 0 bridgehead atoms. The van der Waals surface area contributed by atoms with Crippen LogP contribution in [0.25, 0.3) is 22.2 Å². The third-order valence-corrected chi connectivity index (χ3v) is 5.89. The van der Waals surface area contributed by atoms with Gasteiger partial charge in [-0.2, -0.15) is 5.10 Å². The Balaban J connectivity index is 1.51. The molecule has 7 nitrogen and oxygen atoms in total. The molecular weight excluding hydrogens is 430 g/mol. The van der Waals surface area contributed by atoms with Gasteiger partial charge in [-0.3, -0.25) is 9.48 Å². The minimum atomic E-state index is -0.477. The first-order valence-corrected chi connectivity index (χ1v) is 11.2. The van der Waals surface area contributed by atoms with Crippen LogP contribution >= 0.6 is 0 Å². The zero-order chi connectivity index (χ0) is 24.1. The number of para-hydroxylation sites is 1. The van der Waals surface area contributed by atoms with Crippen LogP contribution in [0.3, 0.4) is 0 Å². The number of benzene rings is 3. The van der Waals surface area contributed by atoms with Crippen molar-refractivity contribution < 1.29 is 19.0 Å². The summed E-state index contributed by atoms with van der Waals surface area (Å²) in [5.74, 6) is 1.64. The molecule has 0 aliphatic heterocycles. The standard InChI is InChI=1S/C27H29N3O4/c1-18(27(31)28-17-16-20-14-15-23(32-2)26(34-4)25(20)33-3)30-22-13-9-8-12-21(22)24(29-30)19-10-6-5-7-11-19/h5-15,18H,16-17H2,1-4H3,(H,28,31)/t18-/m1/s1. The first kappa shape index (κ1) is 23.2. The average molecular weight is 460 g/mol. The fourth-order valence-electron chi connectivity index (χ4n) is 4.13. The smallest absolute Gasteiger partial charge is 0.244 e. The lowest BCUT2D eigenvalue weighted by Gasteiger charge is -2.17. The van der Waals surface area contributed by atoms with Crippen LogP contribution in [-0.4, -0.2) is 43.6 Å². The van der Waals surface area contributed by atoms with E-state index >= 15 is 0 Å². The Kier molecular flexibility index (Phi) is 7.01. The first-order valence-electron chi connectivity index (χ1n) is 11.2. The van der Waals surface area contributed by atoms with E-state index in [1.54, 1.807) is 26.0 Å². The molecule has 3 aromatic carbocycles. The van der Waals surface area contributed by atoms with Crippen LogP contribution in [0.5, 0.6) is 17.2 Å². The molecule has 0 radical (unpaired) electrons. The number of ether oxygens (including phenoxy) is 3. The number of methoxy groups -OCH3 is 3. The number of amides is 1. The van der Waals surface area contributed by atoms with Gasteiger partial charge in [-0.1, -0.05) is 54.6 Å². The quantitative estimate of drug-likeness (QED) is 0.394. The predicted molar refractivity (Wildman–Crippen MR) is 133 cm³/mol. The number of hydrogen-bond acceptors (Lipinski definition) is 5. The third-order valence-electron chi connectivity index (χ3n) is 5.89. The van der Waals surface area contributed by atoms with Crippen molar-refractivity contribution in [2.45, 2.75) is 19.4 Å². The SMILES string of the molecule is COc1ccc(CCNC(=O)[C@@H](C)n2nc(-c3ccccc3)c3ccccc32)c(OC)c1OC. The second kappa shape index (κ2) is 10.3. The Morgan fingerprint density at radius 2 is 1.62 bits per heavy atom. The lowest BCUT2D eigenvalue weighted by Crippen LogP contribution is -2.33. The van der Waals surface area contributed by atoms with E-state index in [0.29, 0.717) is 30.2 Å². The van der Waals surface area contributed by atoms with Crippen LogP contribution in [0.2, 0.25) is 0 Å². The summed E-state index contributed by atoms with van der Waals surface area (Å²) in [6.45, 7) is 2.31. The summed E-state index contributed by atoms with van der Waals surface area (Å²) < 4.78 is 18.1. The van der Waals surface area contributed by atoms with E-state index in [1.807, 2.05) is 73.7 Å². The Morgan fingerprint density at radius 3 is 2.32 bits per heavy atom. The Bertz CT molecular complexity index is 1280. The van der Waals surface area contributed by atoms with Gasteiger partial charge in [0, 0.05) is 23.1 Å². The van der Waals surface area contributed by atoms with Gasteiger partial charge in [0.2, 0.25) is 11.7 Å². The van der Waals surface area contributed by atoms with Gasteiger partial charge in [0.15, 0.2) is 11.5 Å². The maximum absolute atomic E-state index is 13.1. The van der Waals surface area contributed by atoms with Gasteiger partial charge in [0.1, 0.15) is 11.7 Å². The van der Waals surface area contributed by atoms with Crippen LogP contribution in [-0.2, 0) is 11.2 Å². The van der Waals surface area contributed by atoms with Crippen LogP contribution in [0.1, 0.15) is 18.5 Å². The van der Waals surface area contributed by atoms with E-state index in [0.717, 1.165) is 27.7 Å². The van der Waals surface area contributed by atoms with Gasteiger partial charge in [0.05, 0.1) is 26.8 Å². The molecule has 0 saturated heterocycles. The molecule has 34 heavy (non-hydrogen) atoms. The van der Waals surface area contributed by atoms with E-state index in [9.17, 15) is 4.79 Å². The largest absolute Gasteiger partial charge is 0.493 e. The van der Waals surface area contributed by atoms with Crippen LogP contribution in [0.15, 0.2) is 66.7 Å². The van der Waals surface area contributed by atoms with Crippen molar-refractivity contribution in [2.75, 3.05) is 27.9 Å². The van der Waals surface area contributed by atoms with Crippen molar-refractivity contribution in [3.8, 4) is 28.5 Å². The molecule has 0 aliphatic carbocycles. The molecule has 1 N–H and O–H groups in total. The van der Waals surface area contributed by atoms with Gasteiger partial charge in [-0.05, 0) is 25.5 Å². The molecule has 4 aromatic rings. The molecule has 0 spiro atoms. The summed E-state index contributed by atoms with van der Waals surface area (Å²) >= 11 is 0. The zero-order valence-electron chi connectivity index (χ0n) is 19.9. The molecule has 176 valence electrons. The Hall–Kier alpha value is -4.00. The highest BCUT2D eigenvalue weighted by molar-refractivity contribution is 5.94. The monoisotopic (exact) mass is 459 g/mol. The van der Waals surface area contributed by atoms with Gasteiger partial charge in [0.25, 0.3) is 0 Å². The molecular formula is C27H29N3O4. The van der Waals surface area contributed by atoms with E-state index in [-0.39, 0.29) is 5.91 Å². The van der Waals surface area contributed by atoms with E-state index < -0.39 is 6.04 Å². The minimum absolute atomic E-state index is 0.104. The van der Waals surface area contributed by atoms with Crippen molar-refractivity contribution in [3.63, 3.8) is 0 Å². The fourth-order valence-corrected chi connectivity index (χ4v) is 4.13. The highest BCUT2D eigenvalue weighted by atomic mass is 16.5.